The molecule has 0 radical (unpaired) electrons. The number of nitrogens with one attached hydrogen (secondary N) is 3. The van der Waals surface area contributed by atoms with Gasteiger partial charge in [0, 0.05) is 53.9 Å². The van der Waals surface area contributed by atoms with Gasteiger partial charge in [-0.25, -0.2) is 14.2 Å². The van der Waals surface area contributed by atoms with Crippen molar-refractivity contribution in [3.05, 3.63) is 90.6 Å². The van der Waals surface area contributed by atoms with Crippen molar-refractivity contribution < 1.29 is 13.9 Å². The van der Waals surface area contributed by atoms with Gasteiger partial charge in [-0.1, -0.05) is 12.1 Å². The van der Waals surface area contributed by atoms with Gasteiger partial charge in [0.1, 0.15) is 11.6 Å². The Balaban J connectivity index is 1.35. The lowest BCUT2D eigenvalue weighted by atomic mass is 9.96. The number of nitrogens with zero attached hydrogens (tertiary/aromatic N) is 3. The van der Waals surface area contributed by atoms with Crippen molar-refractivity contribution in [2.75, 3.05) is 23.7 Å². The fourth-order valence-corrected chi connectivity index (χ4v) is 4.06. The van der Waals surface area contributed by atoms with Crippen molar-refractivity contribution in [2.45, 2.75) is 18.8 Å². The summed E-state index contributed by atoms with van der Waals surface area (Å²) in [4.78, 5) is 25.9. The Labute approximate surface area is 208 Å². The van der Waals surface area contributed by atoms with E-state index in [-0.39, 0.29) is 5.92 Å². The lowest BCUT2D eigenvalue weighted by Gasteiger charge is -2.23. The average Bonchev–Trinajstić information content (AvgIpc) is 2.90. The number of carbonyl (C=O) groups excluding carboxylic acids is 1. The van der Waals surface area contributed by atoms with Gasteiger partial charge in [0.15, 0.2) is 5.82 Å². The summed E-state index contributed by atoms with van der Waals surface area (Å²) in [5.74, 6) is 1.33. The van der Waals surface area contributed by atoms with Gasteiger partial charge in [-0.05, 0) is 61.9 Å². The summed E-state index contributed by atoms with van der Waals surface area (Å²) in [5.41, 5.74) is 2.64. The third kappa shape index (κ3) is 6.00. The van der Waals surface area contributed by atoms with Gasteiger partial charge < -0.3 is 20.7 Å². The average molecular weight is 485 g/mol. The molecule has 1 aliphatic heterocycles. The lowest BCUT2D eigenvalue weighted by Crippen LogP contribution is -2.29. The molecule has 5 rings (SSSR count). The highest BCUT2D eigenvalue weighted by Crippen LogP contribution is 2.30. The number of pyridine rings is 1. The molecule has 2 aromatic carbocycles. The Morgan fingerprint density at radius 1 is 0.972 bits per heavy atom. The van der Waals surface area contributed by atoms with E-state index in [4.69, 9.17) is 9.72 Å². The molecule has 4 aromatic rings. The number of aromatic nitrogens is 3. The van der Waals surface area contributed by atoms with Crippen molar-refractivity contribution in [3.8, 4) is 23.0 Å². The normalized spacial score (nSPS) is 15.2. The molecule has 3 heterocycles. The number of hydrogen-bond acceptors (Lipinski definition) is 6. The maximum absolute atomic E-state index is 13.4. The van der Waals surface area contributed by atoms with E-state index < -0.39 is 11.8 Å². The second kappa shape index (κ2) is 10.9. The second-order valence-corrected chi connectivity index (χ2v) is 8.45. The first-order valence-corrected chi connectivity index (χ1v) is 11.7. The highest BCUT2D eigenvalue weighted by Gasteiger charge is 2.19. The van der Waals surface area contributed by atoms with E-state index in [0.29, 0.717) is 28.8 Å². The number of urea groups is 1. The van der Waals surface area contributed by atoms with Crippen LogP contribution in [-0.2, 0) is 0 Å². The lowest BCUT2D eigenvalue weighted by molar-refractivity contribution is 0.262. The van der Waals surface area contributed by atoms with Crippen LogP contribution in [0.4, 0.5) is 20.6 Å². The Hall–Kier alpha value is -4.37. The fourth-order valence-electron chi connectivity index (χ4n) is 4.06. The molecule has 0 spiro atoms. The number of anilines is 2. The molecule has 1 fully saturated rings. The zero-order valence-electron chi connectivity index (χ0n) is 19.4. The number of benzene rings is 2. The standard InChI is InChI=1S/C27H25FN6O2/c28-20-5-1-6-21(14-20)31-27(35)32-22-7-2-8-23(15-22)36-25-16-24(19-4-3-11-30-17-19)33-26(34-25)18-9-12-29-13-10-18/h1-2,5-10,12-16,19,30H,3-4,11,17H2,(H2,31,32,35). The number of halogens is 1. The third-order valence-electron chi connectivity index (χ3n) is 5.77. The minimum atomic E-state index is -0.494. The number of carbonyl (C=O) groups is 1. The maximum atomic E-state index is 13.4. The molecule has 1 unspecified atom stereocenters. The molecule has 9 heteroatoms. The third-order valence-corrected chi connectivity index (χ3v) is 5.77. The highest BCUT2D eigenvalue weighted by atomic mass is 19.1. The van der Waals surface area contributed by atoms with Gasteiger partial charge in [-0.3, -0.25) is 4.98 Å². The molecule has 3 N–H and O–H groups in total. The van der Waals surface area contributed by atoms with Gasteiger partial charge in [-0.2, -0.15) is 4.98 Å². The predicted molar refractivity (Wildman–Crippen MR) is 136 cm³/mol. The van der Waals surface area contributed by atoms with Crippen molar-refractivity contribution in [1.29, 1.82) is 0 Å². The van der Waals surface area contributed by atoms with E-state index >= 15 is 0 Å². The van der Waals surface area contributed by atoms with E-state index in [0.717, 1.165) is 37.2 Å². The molecule has 2 aromatic heterocycles. The molecule has 8 nitrogen and oxygen atoms in total. The number of rotatable bonds is 6. The predicted octanol–water partition coefficient (Wildman–Crippen LogP) is 5.58. The van der Waals surface area contributed by atoms with Gasteiger partial charge in [0.05, 0.1) is 5.69 Å². The summed E-state index contributed by atoms with van der Waals surface area (Å²) in [6.07, 6.45) is 5.54. The molecular weight excluding hydrogens is 459 g/mol. The Morgan fingerprint density at radius 2 is 1.75 bits per heavy atom. The molecule has 36 heavy (non-hydrogen) atoms. The Bertz CT molecular complexity index is 1350. The van der Waals surface area contributed by atoms with Crippen LogP contribution in [-0.4, -0.2) is 34.1 Å². The largest absolute Gasteiger partial charge is 0.439 e. The van der Waals surface area contributed by atoms with E-state index in [1.54, 1.807) is 42.7 Å². The highest BCUT2D eigenvalue weighted by molar-refractivity contribution is 5.99. The van der Waals surface area contributed by atoms with Gasteiger partial charge in [0.25, 0.3) is 0 Å². The number of ether oxygens (including phenoxy) is 1. The van der Waals surface area contributed by atoms with Crippen molar-refractivity contribution >= 4 is 17.4 Å². The molecule has 182 valence electrons. The molecular formula is C27H25FN6O2. The SMILES string of the molecule is O=C(Nc1cccc(F)c1)Nc1cccc(Oc2cc(C3CCCNC3)nc(-c3ccncc3)n2)c1. The van der Waals surface area contributed by atoms with Crippen molar-refractivity contribution in [2.24, 2.45) is 0 Å². The summed E-state index contributed by atoms with van der Waals surface area (Å²) >= 11 is 0. The zero-order chi connectivity index (χ0) is 24.7. The van der Waals surface area contributed by atoms with Crippen LogP contribution in [0.25, 0.3) is 11.4 Å². The molecule has 0 saturated carbocycles. The molecule has 1 atom stereocenters. The van der Waals surface area contributed by atoms with Crippen LogP contribution in [0.1, 0.15) is 24.5 Å². The van der Waals surface area contributed by atoms with Crippen LogP contribution in [0.15, 0.2) is 79.1 Å². The maximum Gasteiger partial charge on any atom is 0.323 e. The first-order valence-electron chi connectivity index (χ1n) is 11.7. The van der Waals surface area contributed by atoms with Crippen LogP contribution in [0.5, 0.6) is 11.6 Å². The number of amides is 2. The van der Waals surface area contributed by atoms with Crippen LogP contribution in [0.3, 0.4) is 0 Å². The Kier molecular flexibility index (Phi) is 7.09. The summed E-state index contributed by atoms with van der Waals surface area (Å²) in [6.45, 7) is 1.86. The van der Waals surface area contributed by atoms with Crippen molar-refractivity contribution in [3.63, 3.8) is 0 Å². The first kappa shape index (κ1) is 23.4. The van der Waals surface area contributed by atoms with Crippen LogP contribution >= 0.6 is 0 Å². The Morgan fingerprint density at radius 3 is 2.50 bits per heavy atom. The monoisotopic (exact) mass is 484 g/mol. The molecule has 0 aliphatic carbocycles. The van der Waals surface area contributed by atoms with Crippen LogP contribution in [0.2, 0.25) is 0 Å². The fraction of sp³-hybridized carbons (Fsp3) is 0.185. The summed E-state index contributed by atoms with van der Waals surface area (Å²) in [6, 6.07) is 17.8. The quantitative estimate of drug-likeness (QED) is 0.330. The van der Waals surface area contributed by atoms with Gasteiger partial charge >= 0.3 is 6.03 Å². The summed E-state index contributed by atoms with van der Waals surface area (Å²) < 4.78 is 19.5. The zero-order valence-corrected chi connectivity index (χ0v) is 19.4. The second-order valence-electron chi connectivity index (χ2n) is 8.45. The van der Waals surface area contributed by atoms with Crippen LogP contribution < -0.4 is 20.7 Å². The first-order chi connectivity index (χ1) is 17.6. The smallest absolute Gasteiger partial charge is 0.323 e. The van der Waals surface area contributed by atoms with E-state index in [1.165, 1.54) is 18.2 Å². The van der Waals surface area contributed by atoms with E-state index in [2.05, 4.69) is 25.9 Å². The van der Waals surface area contributed by atoms with Gasteiger partial charge in [-0.15, -0.1) is 0 Å². The van der Waals surface area contributed by atoms with E-state index in [1.807, 2.05) is 18.2 Å². The van der Waals surface area contributed by atoms with Gasteiger partial charge in [0.2, 0.25) is 5.88 Å². The van der Waals surface area contributed by atoms with Crippen LogP contribution in [0, 0.1) is 5.82 Å². The van der Waals surface area contributed by atoms with E-state index in [9.17, 15) is 9.18 Å². The molecule has 1 saturated heterocycles. The minimum absolute atomic E-state index is 0.268. The number of hydrogen-bond donors (Lipinski definition) is 3. The topological polar surface area (TPSA) is 101 Å². The molecule has 2 amide bonds. The molecule has 0 bridgehead atoms. The van der Waals surface area contributed by atoms with Crippen molar-refractivity contribution in [1.82, 2.24) is 20.3 Å². The summed E-state index contributed by atoms with van der Waals surface area (Å²) in [7, 11) is 0. The summed E-state index contributed by atoms with van der Waals surface area (Å²) in [5, 5.41) is 8.77. The minimum Gasteiger partial charge on any atom is -0.439 e. The molecule has 1 aliphatic rings. The number of piperidine rings is 1.